The highest BCUT2D eigenvalue weighted by molar-refractivity contribution is 9.10. The van der Waals surface area contributed by atoms with Crippen LogP contribution < -0.4 is 5.32 Å². The molecule has 39 heavy (non-hydrogen) atoms. The number of fused-ring (bicyclic) bond motifs is 2. The molecule has 1 amide bonds. The van der Waals surface area contributed by atoms with E-state index in [2.05, 4.69) is 45.5 Å². The second-order valence-electron chi connectivity index (χ2n) is 9.59. The minimum Gasteiger partial charge on any atom is -0.465 e. The molecule has 0 unspecified atom stereocenters. The predicted octanol–water partition coefficient (Wildman–Crippen LogP) is 8.04. The van der Waals surface area contributed by atoms with E-state index in [1.807, 2.05) is 60.7 Å². The highest BCUT2D eigenvalue weighted by atomic mass is 79.9. The predicted molar refractivity (Wildman–Crippen MR) is 160 cm³/mol. The lowest BCUT2D eigenvalue weighted by Crippen LogP contribution is -2.16. The first kappa shape index (κ1) is 25.5. The Morgan fingerprint density at radius 3 is 2.49 bits per heavy atom. The highest BCUT2D eigenvalue weighted by Gasteiger charge is 2.31. The molecule has 0 aliphatic heterocycles. The molecule has 1 aliphatic rings. The van der Waals surface area contributed by atoms with Crippen molar-refractivity contribution in [2.75, 3.05) is 12.4 Å². The zero-order valence-corrected chi connectivity index (χ0v) is 23.6. The quantitative estimate of drug-likeness (QED) is 0.208. The van der Waals surface area contributed by atoms with Crippen LogP contribution in [0.25, 0.3) is 22.2 Å². The number of benzene rings is 3. The molecule has 3 aromatic carbocycles. The zero-order valence-electron chi connectivity index (χ0n) is 21.2. The summed E-state index contributed by atoms with van der Waals surface area (Å²) in [5, 5.41) is 4.34. The van der Waals surface area contributed by atoms with E-state index in [0.29, 0.717) is 33.3 Å². The van der Waals surface area contributed by atoms with Gasteiger partial charge in [-0.3, -0.25) is 4.79 Å². The summed E-state index contributed by atoms with van der Waals surface area (Å²) < 4.78 is 6.02. The lowest BCUT2D eigenvalue weighted by Gasteiger charge is -2.22. The molecule has 0 bridgehead atoms. The first-order valence-corrected chi connectivity index (χ1v) is 14.4. The molecule has 0 radical (unpaired) electrons. The third-order valence-electron chi connectivity index (χ3n) is 7.24. The second-order valence-corrected chi connectivity index (χ2v) is 11.6. The molecule has 7 heteroatoms. The zero-order chi connectivity index (χ0) is 26.9. The number of halogens is 1. The van der Waals surface area contributed by atoms with E-state index < -0.39 is 5.97 Å². The summed E-state index contributed by atoms with van der Waals surface area (Å²) in [6.45, 7) is 0. The maximum atomic E-state index is 13.9. The van der Waals surface area contributed by atoms with Crippen molar-refractivity contribution in [3.8, 4) is 11.3 Å². The Hall–Kier alpha value is -3.81. The van der Waals surface area contributed by atoms with E-state index in [4.69, 9.17) is 9.72 Å². The molecule has 0 saturated carbocycles. The monoisotopic (exact) mass is 596 g/mol. The molecule has 2 heterocycles. The van der Waals surface area contributed by atoms with Crippen LogP contribution in [0.3, 0.4) is 0 Å². The number of carbonyl (C=O) groups excluding carboxylic acids is 2. The van der Waals surface area contributed by atoms with Gasteiger partial charge in [0.15, 0.2) is 0 Å². The number of rotatable bonds is 5. The summed E-state index contributed by atoms with van der Waals surface area (Å²) in [4.78, 5) is 32.8. The van der Waals surface area contributed by atoms with E-state index in [0.717, 1.165) is 45.1 Å². The Kier molecular flexibility index (Phi) is 7.02. The number of esters is 1. The van der Waals surface area contributed by atoms with Crippen molar-refractivity contribution in [1.82, 2.24) is 4.98 Å². The van der Waals surface area contributed by atoms with Crippen LogP contribution in [0, 0.1) is 0 Å². The van der Waals surface area contributed by atoms with Crippen LogP contribution in [0.5, 0.6) is 0 Å². The maximum Gasteiger partial charge on any atom is 0.341 e. The van der Waals surface area contributed by atoms with Gasteiger partial charge in [0, 0.05) is 20.3 Å². The fourth-order valence-corrected chi connectivity index (χ4v) is 6.99. The van der Waals surface area contributed by atoms with Crippen molar-refractivity contribution in [3.63, 3.8) is 0 Å². The molecule has 194 valence electrons. The molecular weight excluding hydrogens is 572 g/mol. The first-order valence-electron chi connectivity index (χ1n) is 12.8. The summed E-state index contributed by atoms with van der Waals surface area (Å²) in [6, 6.07) is 27.8. The van der Waals surface area contributed by atoms with Gasteiger partial charge in [0.1, 0.15) is 5.00 Å². The van der Waals surface area contributed by atoms with Crippen LogP contribution in [0.2, 0.25) is 0 Å². The van der Waals surface area contributed by atoms with Crippen LogP contribution >= 0.6 is 27.3 Å². The highest BCUT2D eigenvalue weighted by Crippen LogP contribution is 2.43. The SMILES string of the molecule is COC(=O)c1c(NC(=O)c2cc(-c3ccccc3)nc3ccc(Br)cc23)sc2c1CC[C@@H](c1ccccc1)C2. The van der Waals surface area contributed by atoms with Crippen LogP contribution in [0.15, 0.2) is 89.4 Å². The standard InChI is InChI=1S/C32H25BrN2O3S/c1-38-32(37)29-23-14-12-21(19-8-4-2-5-9-19)16-28(23)39-31(29)35-30(36)25-18-27(20-10-6-3-7-11-20)34-26-15-13-22(33)17-24(25)26/h2-11,13,15,17-18,21H,12,14,16H2,1H3,(H,35,36)/t21-/m1/s1. The van der Waals surface area contributed by atoms with Crippen LogP contribution in [0.4, 0.5) is 5.00 Å². The Bertz CT molecular complexity index is 1700. The lowest BCUT2D eigenvalue weighted by molar-refractivity contribution is 0.0601. The number of carbonyl (C=O) groups is 2. The van der Waals surface area contributed by atoms with E-state index in [1.54, 1.807) is 0 Å². The number of thiophene rings is 1. The number of ether oxygens (including phenoxy) is 1. The average Bonchev–Trinajstić information content (AvgIpc) is 3.34. The van der Waals surface area contributed by atoms with Gasteiger partial charge in [0.25, 0.3) is 5.91 Å². The second kappa shape index (κ2) is 10.8. The third kappa shape index (κ3) is 5.00. The molecule has 5 nitrogen and oxygen atoms in total. The summed E-state index contributed by atoms with van der Waals surface area (Å²) in [7, 11) is 1.38. The molecule has 0 fully saturated rings. The minimum atomic E-state index is -0.423. The van der Waals surface area contributed by atoms with Crippen LogP contribution in [0.1, 0.15) is 49.1 Å². The number of amides is 1. The largest absolute Gasteiger partial charge is 0.465 e. The first-order chi connectivity index (χ1) is 19.0. The van der Waals surface area contributed by atoms with Crippen molar-refractivity contribution in [3.05, 3.63) is 117 Å². The fourth-order valence-electron chi connectivity index (χ4n) is 5.31. The Morgan fingerprint density at radius 1 is 1.00 bits per heavy atom. The molecule has 0 spiro atoms. The molecule has 6 rings (SSSR count). The van der Waals surface area contributed by atoms with Crippen LogP contribution in [-0.2, 0) is 17.6 Å². The number of nitrogens with zero attached hydrogens (tertiary/aromatic N) is 1. The summed E-state index contributed by atoms with van der Waals surface area (Å²) in [5.41, 5.74) is 5.59. The molecular formula is C32H25BrN2O3S. The number of pyridine rings is 1. The smallest absolute Gasteiger partial charge is 0.341 e. The van der Waals surface area contributed by atoms with Gasteiger partial charge in [-0.05, 0) is 60.6 Å². The number of nitrogens with one attached hydrogen (secondary N) is 1. The van der Waals surface area contributed by atoms with Gasteiger partial charge in [-0.1, -0.05) is 76.6 Å². The Morgan fingerprint density at radius 2 is 1.74 bits per heavy atom. The Labute approximate surface area is 239 Å². The molecule has 2 aromatic heterocycles. The van der Waals surface area contributed by atoms with Gasteiger partial charge in [-0.2, -0.15) is 0 Å². The number of anilines is 1. The van der Waals surface area contributed by atoms with E-state index in [1.165, 1.54) is 24.0 Å². The van der Waals surface area contributed by atoms with E-state index in [9.17, 15) is 9.59 Å². The van der Waals surface area contributed by atoms with Gasteiger partial charge in [-0.25, -0.2) is 9.78 Å². The normalized spacial score (nSPS) is 14.6. The van der Waals surface area contributed by atoms with E-state index in [-0.39, 0.29) is 5.91 Å². The van der Waals surface area contributed by atoms with Crippen molar-refractivity contribution in [1.29, 1.82) is 0 Å². The van der Waals surface area contributed by atoms with E-state index >= 15 is 0 Å². The molecule has 0 saturated heterocycles. The lowest BCUT2D eigenvalue weighted by atomic mass is 9.83. The van der Waals surface area contributed by atoms with Crippen LogP contribution in [-0.4, -0.2) is 24.0 Å². The van der Waals surface area contributed by atoms with Crippen molar-refractivity contribution in [2.45, 2.75) is 25.2 Å². The number of hydrogen-bond acceptors (Lipinski definition) is 5. The average molecular weight is 598 g/mol. The summed E-state index contributed by atoms with van der Waals surface area (Å²) in [5.74, 6) is -0.337. The molecule has 5 aromatic rings. The molecule has 1 aliphatic carbocycles. The topological polar surface area (TPSA) is 68.3 Å². The van der Waals surface area contributed by atoms with Gasteiger partial charge in [0.2, 0.25) is 0 Å². The number of hydrogen-bond donors (Lipinski definition) is 1. The van der Waals surface area contributed by atoms with Crippen molar-refractivity contribution in [2.24, 2.45) is 0 Å². The van der Waals surface area contributed by atoms with Gasteiger partial charge in [-0.15, -0.1) is 11.3 Å². The summed E-state index contributed by atoms with van der Waals surface area (Å²) >= 11 is 5.01. The summed E-state index contributed by atoms with van der Waals surface area (Å²) in [6.07, 6.45) is 2.52. The third-order valence-corrected chi connectivity index (χ3v) is 8.90. The van der Waals surface area contributed by atoms with Crippen molar-refractivity contribution >= 4 is 55.0 Å². The number of aromatic nitrogens is 1. The van der Waals surface area contributed by atoms with Gasteiger partial charge >= 0.3 is 5.97 Å². The molecule has 1 atom stereocenters. The van der Waals surface area contributed by atoms with Gasteiger partial charge in [0.05, 0.1) is 29.4 Å². The maximum absolute atomic E-state index is 13.9. The Balaban J connectivity index is 1.40. The van der Waals surface area contributed by atoms with Gasteiger partial charge < -0.3 is 10.1 Å². The number of methoxy groups -OCH3 is 1. The molecule has 1 N–H and O–H groups in total. The minimum absolute atomic E-state index is 0.291. The fraction of sp³-hybridized carbons (Fsp3) is 0.156. The van der Waals surface area contributed by atoms with Crippen molar-refractivity contribution < 1.29 is 14.3 Å².